The number of rotatable bonds is 7. The number of carbonyl (C=O) groups excluding carboxylic acids is 1. The van der Waals surface area contributed by atoms with Crippen molar-refractivity contribution in [3.05, 3.63) is 0 Å². The van der Waals surface area contributed by atoms with Crippen LogP contribution in [0.15, 0.2) is 0 Å². The van der Waals surface area contributed by atoms with Gasteiger partial charge in [-0.05, 0) is 82.6 Å². The van der Waals surface area contributed by atoms with Crippen LogP contribution in [0.25, 0.3) is 0 Å². The van der Waals surface area contributed by atoms with Gasteiger partial charge in [0.1, 0.15) is 0 Å². The van der Waals surface area contributed by atoms with Gasteiger partial charge in [0, 0.05) is 12.1 Å². The van der Waals surface area contributed by atoms with Crippen LogP contribution in [0.2, 0.25) is 0 Å². The number of amides is 1. The van der Waals surface area contributed by atoms with E-state index in [1.54, 1.807) is 0 Å². The standard InChI is InChI=1S/C17H30N2O2.ClH/c1-2-21-16(20)18-5-3-4-6-19-17-10-13-7-14(11-17)9-15(8-13)12-17;/h13-15,19H,2-12H2,1H3,(H,18,20);1H. The molecule has 4 aliphatic rings. The summed E-state index contributed by atoms with van der Waals surface area (Å²) in [7, 11) is 0. The summed E-state index contributed by atoms with van der Waals surface area (Å²) in [6, 6.07) is 0. The predicted molar refractivity (Wildman–Crippen MR) is 90.4 cm³/mol. The molecule has 0 spiro atoms. The Bertz CT molecular complexity index is 340. The van der Waals surface area contributed by atoms with Crippen molar-refractivity contribution in [1.29, 1.82) is 0 Å². The number of unbranched alkanes of at least 4 members (excludes halogenated alkanes) is 1. The average Bonchev–Trinajstić information content (AvgIpc) is 2.41. The summed E-state index contributed by atoms with van der Waals surface area (Å²) in [6.45, 7) is 4.09. The quantitative estimate of drug-likeness (QED) is 0.702. The lowest BCUT2D eigenvalue weighted by molar-refractivity contribution is -0.0196. The molecule has 5 heteroatoms. The van der Waals surface area contributed by atoms with E-state index < -0.39 is 0 Å². The molecule has 4 aliphatic carbocycles. The lowest BCUT2D eigenvalue weighted by Gasteiger charge is -2.57. The summed E-state index contributed by atoms with van der Waals surface area (Å²) in [5.41, 5.74) is 0.476. The number of nitrogens with one attached hydrogen (secondary N) is 2. The fourth-order valence-corrected chi connectivity index (χ4v) is 5.30. The van der Waals surface area contributed by atoms with Crippen molar-refractivity contribution in [2.45, 2.75) is 63.8 Å². The van der Waals surface area contributed by atoms with Crippen LogP contribution in [0.5, 0.6) is 0 Å². The Morgan fingerprint density at radius 3 is 2.14 bits per heavy atom. The summed E-state index contributed by atoms with van der Waals surface area (Å²) < 4.78 is 4.85. The van der Waals surface area contributed by atoms with Gasteiger partial charge in [-0.15, -0.1) is 12.4 Å². The fourth-order valence-electron chi connectivity index (χ4n) is 5.30. The molecule has 128 valence electrons. The minimum absolute atomic E-state index is 0. The smallest absolute Gasteiger partial charge is 0.407 e. The second-order valence-corrected chi connectivity index (χ2v) is 7.48. The Hall–Kier alpha value is -0.480. The van der Waals surface area contributed by atoms with E-state index in [1.807, 2.05) is 6.92 Å². The molecule has 0 aromatic heterocycles. The molecule has 22 heavy (non-hydrogen) atoms. The molecule has 4 saturated carbocycles. The summed E-state index contributed by atoms with van der Waals surface area (Å²) in [5, 5.41) is 6.69. The summed E-state index contributed by atoms with van der Waals surface area (Å²) in [5.74, 6) is 3.03. The molecule has 4 rings (SSSR count). The lowest BCUT2D eigenvalue weighted by atomic mass is 9.53. The zero-order valence-corrected chi connectivity index (χ0v) is 14.6. The van der Waals surface area contributed by atoms with Crippen molar-refractivity contribution < 1.29 is 9.53 Å². The highest BCUT2D eigenvalue weighted by Crippen LogP contribution is 2.55. The predicted octanol–water partition coefficient (Wildman–Crippen LogP) is 3.49. The normalized spacial score (nSPS) is 35.0. The second-order valence-electron chi connectivity index (χ2n) is 7.48. The number of ether oxygens (including phenoxy) is 1. The van der Waals surface area contributed by atoms with Crippen LogP contribution >= 0.6 is 12.4 Å². The third-order valence-electron chi connectivity index (χ3n) is 5.69. The van der Waals surface area contributed by atoms with E-state index in [-0.39, 0.29) is 18.5 Å². The van der Waals surface area contributed by atoms with E-state index in [0.29, 0.717) is 12.1 Å². The number of halogens is 1. The van der Waals surface area contributed by atoms with Gasteiger partial charge in [-0.3, -0.25) is 0 Å². The van der Waals surface area contributed by atoms with Gasteiger partial charge in [-0.2, -0.15) is 0 Å². The van der Waals surface area contributed by atoms with E-state index in [1.165, 1.54) is 38.5 Å². The number of hydrogen-bond acceptors (Lipinski definition) is 3. The number of hydrogen-bond donors (Lipinski definition) is 2. The van der Waals surface area contributed by atoms with Crippen LogP contribution in [0.3, 0.4) is 0 Å². The molecule has 4 nitrogen and oxygen atoms in total. The first kappa shape index (κ1) is 17.9. The third-order valence-corrected chi connectivity index (χ3v) is 5.69. The minimum Gasteiger partial charge on any atom is -0.450 e. The molecule has 0 atom stereocenters. The van der Waals surface area contributed by atoms with E-state index in [0.717, 1.165) is 43.7 Å². The zero-order chi connectivity index (χ0) is 14.7. The molecule has 0 unspecified atom stereocenters. The van der Waals surface area contributed by atoms with Crippen LogP contribution in [-0.2, 0) is 4.74 Å². The molecule has 0 aromatic rings. The van der Waals surface area contributed by atoms with Crippen molar-refractivity contribution >= 4 is 18.5 Å². The lowest BCUT2D eigenvalue weighted by Crippen LogP contribution is -2.58. The van der Waals surface area contributed by atoms with E-state index in [9.17, 15) is 4.79 Å². The zero-order valence-electron chi connectivity index (χ0n) is 13.7. The first-order chi connectivity index (χ1) is 10.2. The SMILES string of the molecule is CCOC(=O)NCCCCNC12CC3CC(CC(C3)C1)C2.Cl. The highest BCUT2D eigenvalue weighted by atomic mass is 35.5. The summed E-state index contributed by atoms with van der Waals surface area (Å²) in [4.78, 5) is 11.2. The third kappa shape index (κ3) is 4.29. The maximum atomic E-state index is 11.2. The van der Waals surface area contributed by atoms with Gasteiger partial charge in [-0.1, -0.05) is 0 Å². The molecule has 0 aliphatic heterocycles. The molecule has 4 bridgehead atoms. The van der Waals surface area contributed by atoms with Gasteiger partial charge in [0.15, 0.2) is 0 Å². The van der Waals surface area contributed by atoms with Gasteiger partial charge in [0.2, 0.25) is 0 Å². The van der Waals surface area contributed by atoms with Crippen LogP contribution in [0.4, 0.5) is 4.79 Å². The highest BCUT2D eigenvalue weighted by Gasteiger charge is 2.50. The molecule has 4 fully saturated rings. The van der Waals surface area contributed by atoms with Gasteiger partial charge in [-0.25, -0.2) is 4.79 Å². The first-order valence-corrected chi connectivity index (χ1v) is 8.85. The van der Waals surface area contributed by atoms with Gasteiger partial charge in [0.25, 0.3) is 0 Å². The van der Waals surface area contributed by atoms with Crippen LogP contribution < -0.4 is 10.6 Å². The number of carbonyl (C=O) groups is 1. The topological polar surface area (TPSA) is 50.4 Å². The van der Waals surface area contributed by atoms with Crippen LogP contribution in [0, 0.1) is 17.8 Å². The fraction of sp³-hybridized carbons (Fsp3) is 0.941. The molecule has 0 heterocycles. The molecular formula is C17H31ClN2O2. The Kier molecular flexibility index (Phi) is 6.39. The molecule has 0 aromatic carbocycles. The van der Waals surface area contributed by atoms with Crippen LogP contribution in [-0.4, -0.2) is 31.3 Å². The largest absolute Gasteiger partial charge is 0.450 e. The van der Waals surface area contributed by atoms with Crippen molar-refractivity contribution in [2.24, 2.45) is 17.8 Å². The Morgan fingerprint density at radius 2 is 1.59 bits per heavy atom. The summed E-state index contributed by atoms with van der Waals surface area (Å²) >= 11 is 0. The van der Waals surface area contributed by atoms with Crippen molar-refractivity contribution in [3.63, 3.8) is 0 Å². The Labute approximate surface area is 140 Å². The maximum absolute atomic E-state index is 11.2. The molecular weight excluding hydrogens is 300 g/mol. The number of alkyl carbamates (subject to hydrolysis) is 1. The molecule has 0 saturated heterocycles. The average molecular weight is 331 g/mol. The van der Waals surface area contributed by atoms with Gasteiger partial charge < -0.3 is 15.4 Å². The van der Waals surface area contributed by atoms with Gasteiger partial charge in [0.05, 0.1) is 6.61 Å². The van der Waals surface area contributed by atoms with Crippen molar-refractivity contribution in [1.82, 2.24) is 10.6 Å². The van der Waals surface area contributed by atoms with E-state index in [4.69, 9.17) is 4.74 Å². The highest BCUT2D eigenvalue weighted by molar-refractivity contribution is 5.85. The second kappa shape index (κ2) is 7.87. The first-order valence-electron chi connectivity index (χ1n) is 8.85. The van der Waals surface area contributed by atoms with Crippen LogP contribution in [0.1, 0.15) is 58.3 Å². The summed E-state index contributed by atoms with van der Waals surface area (Å²) in [6.07, 6.45) is 10.6. The molecule has 2 N–H and O–H groups in total. The molecule has 1 amide bonds. The minimum atomic E-state index is -0.286. The van der Waals surface area contributed by atoms with Gasteiger partial charge >= 0.3 is 6.09 Å². The monoisotopic (exact) mass is 330 g/mol. The van der Waals surface area contributed by atoms with Crippen molar-refractivity contribution in [3.8, 4) is 0 Å². The Balaban J connectivity index is 0.00000176. The maximum Gasteiger partial charge on any atom is 0.407 e. The van der Waals surface area contributed by atoms with E-state index in [2.05, 4.69) is 10.6 Å². The molecule has 0 radical (unpaired) electrons. The Morgan fingerprint density at radius 1 is 1.05 bits per heavy atom. The van der Waals surface area contributed by atoms with E-state index >= 15 is 0 Å². The van der Waals surface area contributed by atoms with Crippen molar-refractivity contribution in [2.75, 3.05) is 19.7 Å².